The molecule has 0 saturated carbocycles. The zero-order valence-corrected chi connectivity index (χ0v) is 22.3. The zero-order chi connectivity index (χ0) is 27.7. The van der Waals surface area contributed by atoms with Gasteiger partial charge < -0.3 is 38.3 Å². The third-order valence-electron chi connectivity index (χ3n) is 6.75. The molecule has 2 heterocycles. The van der Waals surface area contributed by atoms with Crippen molar-refractivity contribution in [2.45, 2.75) is 84.1 Å². The smallest absolute Gasteiger partial charge is 0.342 e. The van der Waals surface area contributed by atoms with Gasteiger partial charge in [-0.25, -0.2) is 14.4 Å². The summed E-state index contributed by atoms with van der Waals surface area (Å²) in [5.41, 5.74) is -2.58. The van der Waals surface area contributed by atoms with Crippen molar-refractivity contribution in [3.63, 3.8) is 0 Å². The Balaban J connectivity index is 1.82. The molecule has 2 aliphatic rings. The molecule has 1 N–H and O–H groups in total. The van der Waals surface area contributed by atoms with Crippen LogP contribution in [0.5, 0.6) is 17.2 Å². The van der Waals surface area contributed by atoms with Gasteiger partial charge in [0.15, 0.2) is 28.8 Å². The lowest BCUT2D eigenvalue weighted by atomic mass is 9.99. The summed E-state index contributed by atoms with van der Waals surface area (Å²) in [4.78, 5) is 38.1. The molecule has 1 aromatic rings. The van der Waals surface area contributed by atoms with Gasteiger partial charge in [-0.2, -0.15) is 0 Å². The third-order valence-corrected chi connectivity index (χ3v) is 6.75. The van der Waals surface area contributed by atoms with E-state index in [0.717, 1.165) is 0 Å². The number of hydrogen-bond acceptors (Lipinski definition) is 11. The lowest BCUT2D eigenvalue weighted by molar-refractivity contribution is -0.194. The molecule has 1 fully saturated rings. The fourth-order valence-corrected chi connectivity index (χ4v) is 3.53. The fourth-order valence-electron chi connectivity index (χ4n) is 3.53. The van der Waals surface area contributed by atoms with Crippen LogP contribution in [-0.2, 0) is 33.3 Å². The van der Waals surface area contributed by atoms with E-state index < -0.39 is 47.4 Å². The van der Waals surface area contributed by atoms with E-state index in [1.165, 1.54) is 27.9 Å². The summed E-state index contributed by atoms with van der Waals surface area (Å²) in [5.74, 6) is -1.31. The molecule has 11 heteroatoms. The maximum Gasteiger partial charge on any atom is 0.342 e. The van der Waals surface area contributed by atoms with Crippen LogP contribution < -0.4 is 14.2 Å². The molecule has 0 amide bonds. The van der Waals surface area contributed by atoms with Gasteiger partial charge in [-0.1, -0.05) is 6.08 Å². The van der Waals surface area contributed by atoms with Gasteiger partial charge in [-0.3, -0.25) is 0 Å². The van der Waals surface area contributed by atoms with Crippen molar-refractivity contribution < 1.29 is 52.6 Å². The van der Waals surface area contributed by atoms with E-state index in [4.69, 9.17) is 33.2 Å². The molecule has 37 heavy (non-hydrogen) atoms. The van der Waals surface area contributed by atoms with Crippen LogP contribution in [0.4, 0.5) is 0 Å². The van der Waals surface area contributed by atoms with Crippen molar-refractivity contribution in [1.29, 1.82) is 0 Å². The quantitative estimate of drug-likeness (QED) is 0.210. The number of carbonyl (C=O) groups is 3. The molecule has 3 rings (SSSR count). The van der Waals surface area contributed by atoms with Gasteiger partial charge in [0.25, 0.3) is 0 Å². The molecule has 6 atom stereocenters. The van der Waals surface area contributed by atoms with E-state index in [1.54, 1.807) is 45.9 Å². The highest BCUT2D eigenvalue weighted by molar-refractivity contribution is 5.88. The highest BCUT2D eigenvalue weighted by atomic mass is 16.7. The van der Waals surface area contributed by atoms with Gasteiger partial charge in [-0.15, -0.1) is 0 Å². The SMILES string of the molecule is CC=C(C)C(=O)OC(c1cc(OC)c2c(c1)OCO2)C(C)OC(=O)C(C)(O)C(C)OC(=O)C1(C)OC1C. The zero-order valence-electron chi connectivity index (χ0n) is 22.3. The number of methoxy groups -OCH3 is 1. The van der Waals surface area contributed by atoms with E-state index in [1.807, 2.05) is 0 Å². The second-order valence-electron chi connectivity index (χ2n) is 9.43. The fraction of sp³-hybridized carbons (Fsp3) is 0.577. The molecule has 1 aromatic carbocycles. The number of allylic oxidation sites excluding steroid dienone is 1. The average molecular weight is 523 g/mol. The molecular weight excluding hydrogens is 488 g/mol. The van der Waals surface area contributed by atoms with Crippen LogP contribution in [0.2, 0.25) is 0 Å². The molecule has 6 unspecified atom stereocenters. The van der Waals surface area contributed by atoms with E-state index in [-0.39, 0.29) is 12.9 Å². The normalized spacial score (nSPS) is 24.2. The van der Waals surface area contributed by atoms with Gasteiger partial charge >= 0.3 is 17.9 Å². The van der Waals surface area contributed by atoms with Gasteiger partial charge in [0.2, 0.25) is 12.5 Å². The van der Waals surface area contributed by atoms with Crippen LogP contribution in [0, 0.1) is 0 Å². The Bertz CT molecular complexity index is 1090. The number of fused-ring (bicyclic) bond motifs is 1. The van der Waals surface area contributed by atoms with Crippen LogP contribution in [0.3, 0.4) is 0 Å². The lowest BCUT2D eigenvalue weighted by Crippen LogP contribution is -2.50. The number of carbonyl (C=O) groups excluding carboxylic acids is 3. The average Bonchev–Trinajstić information content (AvgIpc) is 3.24. The minimum absolute atomic E-state index is 0.00976. The van der Waals surface area contributed by atoms with Crippen LogP contribution in [-0.4, -0.2) is 66.4 Å². The Labute approximate surface area is 215 Å². The number of aliphatic hydroxyl groups is 1. The van der Waals surface area contributed by atoms with Crippen molar-refractivity contribution in [2.24, 2.45) is 0 Å². The lowest BCUT2D eigenvalue weighted by Gasteiger charge is -2.31. The summed E-state index contributed by atoms with van der Waals surface area (Å²) >= 11 is 0. The van der Waals surface area contributed by atoms with Crippen LogP contribution in [0.25, 0.3) is 0 Å². The summed E-state index contributed by atoms with van der Waals surface area (Å²) in [6.07, 6.45) is -2.20. The predicted molar refractivity (Wildman–Crippen MR) is 128 cm³/mol. The number of esters is 3. The van der Waals surface area contributed by atoms with E-state index >= 15 is 0 Å². The Morgan fingerprint density at radius 3 is 2.41 bits per heavy atom. The highest BCUT2D eigenvalue weighted by Crippen LogP contribution is 2.44. The summed E-state index contributed by atoms with van der Waals surface area (Å²) in [5, 5.41) is 10.9. The Kier molecular flexibility index (Phi) is 8.09. The second-order valence-corrected chi connectivity index (χ2v) is 9.43. The number of epoxide rings is 1. The predicted octanol–water partition coefficient (Wildman–Crippen LogP) is 2.77. The molecule has 0 aromatic heterocycles. The molecule has 11 nitrogen and oxygen atoms in total. The summed E-state index contributed by atoms with van der Waals surface area (Å²) in [7, 11) is 1.45. The van der Waals surface area contributed by atoms with Crippen molar-refractivity contribution >= 4 is 17.9 Å². The highest BCUT2D eigenvalue weighted by Gasteiger charge is 2.58. The van der Waals surface area contributed by atoms with E-state index in [9.17, 15) is 19.5 Å². The van der Waals surface area contributed by atoms with Gasteiger partial charge in [0.1, 0.15) is 12.2 Å². The Morgan fingerprint density at radius 2 is 1.84 bits per heavy atom. The monoisotopic (exact) mass is 522 g/mol. The Hall–Kier alpha value is -3.31. The maximum absolute atomic E-state index is 13.0. The molecule has 0 radical (unpaired) electrons. The van der Waals surface area contributed by atoms with Crippen LogP contribution in [0.15, 0.2) is 23.8 Å². The van der Waals surface area contributed by atoms with Crippen molar-refractivity contribution in [3.05, 3.63) is 29.3 Å². The van der Waals surface area contributed by atoms with E-state index in [0.29, 0.717) is 28.4 Å². The van der Waals surface area contributed by atoms with Crippen molar-refractivity contribution in [3.8, 4) is 17.2 Å². The second kappa shape index (κ2) is 10.6. The summed E-state index contributed by atoms with van der Waals surface area (Å²) in [6.45, 7) is 10.6. The number of ether oxygens (including phenoxy) is 7. The van der Waals surface area contributed by atoms with Gasteiger partial charge in [-0.05, 0) is 60.6 Å². The molecule has 0 bridgehead atoms. The largest absolute Gasteiger partial charge is 0.493 e. The standard InChI is InChI=1S/C26H34O11/c1-9-13(2)22(27)36-20(17-10-18(31-8)21-19(11-17)32-12-33-21)14(3)34-23(28)25(6,30)15(4)35-24(29)26(7)16(5)37-26/h9-11,14-16,20,30H,12H2,1-8H3. The topological polar surface area (TPSA) is 139 Å². The number of rotatable bonds is 10. The minimum Gasteiger partial charge on any atom is -0.493 e. The van der Waals surface area contributed by atoms with Crippen molar-refractivity contribution in [2.75, 3.05) is 13.9 Å². The van der Waals surface area contributed by atoms with Crippen molar-refractivity contribution in [1.82, 2.24) is 0 Å². The first-order valence-electron chi connectivity index (χ1n) is 11.9. The minimum atomic E-state index is -2.21. The van der Waals surface area contributed by atoms with Gasteiger partial charge in [0, 0.05) is 11.1 Å². The Morgan fingerprint density at radius 1 is 1.19 bits per heavy atom. The first-order valence-corrected chi connectivity index (χ1v) is 11.9. The van der Waals surface area contributed by atoms with Crippen LogP contribution >= 0.6 is 0 Å². The first kappa shape index (κ1) is 28.3. The van der Waals surface area contributed by atoms with E-state index in [2.05, 4.69) is 0 Å². The summed E-state index contributed by atoms with van der Waals surface area (Å²) in [6, 6.07) is 3.18. The molecule has 0 aliphatic carbocycles. The molecular formula is C26H34O11. The molecule has 2 aliphatic heterocycles. The number of benzene rings is 1. The first-order chi connectivity index (χ1) is 17.3. The summed E-state index contributed by atoms with van der Waals surface area (Å²) < 4.78 is 38.1. The molecule has 0 spiro atoms. The maximum atomic E-state index is 13.0. The molecule has 1 saturated heterocycles. The third kappa shape index (κ3) is 5.67. The molecule has 204 valence electrons. The van der Waals surface area contributed by atoms with Gasteiger partial charge in [0.05, 0.1) is 13.2 Å². The number of hydrogen-bond donors (Lipinski definition) is 1. The van der Waals surface area contributed by atoms with Crippen LogP contribution in [0.1, 0.15) is 60.1 Å².